The first-order chi connectivity index (χ1) is 14.2. The molecule has 0 unspecified atom stereocenters. The lowest BCUT2D eigenvalue weighted by Gasteiger charge is -2.34. The highest BCUT2D eigenvalue weighted by molar-refractivity contribution is 7.92. The van der Waals surface area contributed by atoms with Crippen molar-refractivity contribution in [2.45, 2.75) is 49.8 Å². The highest BCUT2D eigenvalue weighted by atomic mass is 32.2. The van der Waals surface area contributed by atoms with Crippen LogP contribution in [0.1, 0.15) is 39.2 Å². The maximum atomic E-state index is 13.1. The van der Waals surface area contributed by atoms with Crippen molar-refractivity contribution in [1.29, 1.82) is 0 Å². The summed E-state index contributed by atoms with van der Waals surface area (Å²) in [6.45, 7) is 7.33. The smallest absolute Gasteiger partial charge is 0.230 e. The predicted octanol–water partition coefficient (Wildman–Crippen LogP) is 3.46. The van der Waals surface area contributed by atoms with Gasteiger partial charge in [-0.2, -0.15) is 0 Å². The molecule has 160 valence electrons. The third-order valence-corrected chi connectivity index (χ3v) is 8.57. The van der Waals surface area contributed by atoms with Crippen molar-refractivity contribution in [1.82, 2.24) is 4.98 Å². The van der Waals surface area contributed by atoms with Crippen molar-refractivity contribution in [3.63, 3.8) is 0 Å². The lowest BCUT2D eigenvalue weighted by molar-refractivity contribution is -0.122. The first kappa shape index (κ1) is 20.8. The molecular weight excluding hydrogens is 398 g/mol. The molecule has 2 aromatic rings. The molecule has 0 N–H and O–H groups in total. The van der Waals surface area contributed by atoms with E-state index in [1.54, 1.807) is 33.0 Å². The Bertz CT molecular complexity index is 1030. The van der Waals surface area contributed by atoms with E-state index in [2.05, 4.69) is 16.0 Å². The zero-order valence-electron chi connectivity index (χ0n) is 17.8. The Kier molecular flexibility index (Phi) is 5.34. The van der Waals surface area contributed by atoms with Gasteiger partial charge in [0.05, 0.1) is 16.6 Å². The predicted molar refractivity (Wildman–Crippen MR) is 119 cm³/mol. The Morgan fingerprint density at radius 3 is 2.37 bits per heavy atom. The van der Waals surface area contributed by atoms with Crippen molar-refractivity contribution in [3.05, 3.63) is 48.2 Å². The summed E-state index contributed by atoms with van der Waals surface area (Å²) in [4.78, 5) is 21.4. The van der Waals surface area contributed by atoms with Gasteiger partial charge in [0.25, 0.3) is 0 Å². The quantitative estimate of drug-likeness (QED) is 0.750. The van der Waals surface area contributed by atoms with Gasteiger partial charge in [0.2, 0.25) is 5.91 Å². The van der Waals surface area contributed by atoms with Crippen molar-refractivity contribution in [2.24, 2.45) is 5.92 Å². The number of carbonyl (C=O) groups is 1. The molecule has 0 bridgehead atoms. The minimum atomic E-state index is -3.46. The van der Waals surface area contributed by atoms with Gasteiger partial charge in [0.15, 0.2) is 14.9 Å². The molecule has 0 atom stereocenters. The summed E-state index contributed by atoms with van der Waals surface area (Å²) in [7, 11) is -3.46. The number of amides is 1. The maximum absolute atomic E-state index is 13.1. The number of sulfone groups is 1. The van der Waals surface area contributed by atoms with Crippen LogP contribution in [-0.4, -0.2) is 43.7 Å². The molecule has 1 saturated heterocycles. The summed E-state index contributed by atoms with van der Waals surface area (Å²) >= 11 is 0. The lowest BCUT2D eigenvalue weighted by atomic mass is 9.95. The van der Waals surface area contributed by atoms with Gasteiger partial charge in [0, 0.05) is 31.2 Å². The monoisotopic (exact) mass is 427 g/mol. The molecule has 1 fully saturated rings. The Morgan fingerprint density at radius 1 is 1.03 bits per heavy atom. The van der Waals surface area contributed by atoms with Gasteiger partial charge in [-0.3, -0.25) is 4.79 Å². The molecule has 2 aliphatic rings. The van der Waals surface area contributed by atoms with E-state index in [0.29, 0.717) is 0 Å². The number of carbonyl (C=O) groups excluding carboxylic acids is 1. The average Bonchev–Trinajstić information content (AvgIpc) is 3.17. The summed E-state index contributed by atoms with van der Waals surface area (Å²) in [5.41, 5.74) is 3.21. The van der Waals surface area contributed by atoms with Crippen LogP contribution in [0.25, 0.3) is 0 Å². The van der Waals surface area contributed by atoms with Crippen LogP contribution in [0.3, 0.4) is 0 Å². The molecule has 6 nitrogen and oxygen atoms in total. The molecule has 0 saturated carbocycles. The molecule has 1 aromatic carbocycles. The summed E-state index contributed by atoms with van der Waals surface area (Å²) in [5.74, 6) is 0.255. The number of rotatable bonds is 3. The number of piperidine rings is 1. The number of benzene rings is 1. The molecular formula is C23H29N3O3S. The first-order valence-electron chi connectivity index (χ1n) is 10.5. The second-order valence-corrected chi connectivity index (χ2v) is 11.8. The van der Waals surface area contributed by atoms with Gasteiger partial charge in [-0.15, -0.1) is 0 Å². The SMILES string of the molecule is CC(C)(C)S(=O)(=O)c1ccc(N2CCC(C(=O)N3CCc4ccccc43)CC2)cn1. The van der Waals surface area contributed by atoms with E-state index in [1.807, 2.05) is 29.2 Å². The fraction of sp³-hybridized carbons (Fsp3) is 0.478. The molecule has 0 spiro atoms. The summed E-state index contributed by atoms with van der Waals surface area (Å²) in [6.07, 6.45) is 4.15. The van der Waals surface area contributed by atoms with Crippen LogP contribution in [-0.2, 0) is 21.1 Å². The van der Waals surface area contributed by atoms with Crippen molar-refractivity contribution < 1.29 is 13.2 Å². The number of pyridine rings is 1. The van der Waals surface area contributed by atoms with Crippen molar-refractivity contribution in [3.8, 4) is 0 Å². The third-order valence-electron chi connectivity index (χ3n) is 6.16. The van der Waals surface area contributed by atoms with Gasteiger partial charge in [-0.1, -0.05) is 18.2 Å². The van der Waals surface area contributed by atoms with Crippen LogP contribution in [0.15, 0.2) is 47.6 Å². The Hall–Kier alpha value is -2.41. The second kappa shape index (κ2) is 7.69. The minimum Gasteiger partial charge on any atom is -0.370 e. The Balaban J connectivity index is 1.40. The topological polar surface area (TPSA) is 70.6 Å². The van der Waals surface area contributed by atoms with Gasteiger partial charge in [0.1, 0.15) is 0 Å². The number of hydrogen-bond acceptors (Lipinski definition) is 5. The van der Waals surface area contributed by atoms with Crippen molar-refractivity contribution in [2.75, 3.05) is 29.4 Å². The van der Waals surface area contributed by atoms with Gasteiger partial charge >= 0.3 is 0 Å². The van der Waals surface area contributed by atoms with Crippen LogP contribution in [0.4, 0.5) is 11.4 Å². The van der Waals surface area contributed by atoms with Crippen molar-refractivity contribution >= 4 is 27.1 Å². The fourth-order valence-electron chi connectivity index (χ4n) is 4.20. The Labute approximate surface area is 178 Å². The van der Waals surface area contributed by atoms with Gasteiger partial charge in [-0.05, 0) is 63.8 Å². The molecule has 1 amide bonds. The average molecular weight is 428 g/mol. The number of anilines is 2. The largest absolute Gasteiger partial charge is 0.370 e. The van der Waals surface area contributed by atoms with E-state index in [1.165, 1.54) is 5.56 Å². The van der Waals surface area contributed by atoms with E-state index in [9.17, 15) is 13.2 Å². The summed E-state index contributed by atoms with van der Waals surface area (Å²) in [5, 5.41) is 0.108. The van der Waals surface area contributed by atoms with E-state index in [-0.39, 0.29) is 16.9 Å². The molecule has 0 aliphatic carbocycles. The second-order valence-electron chi connectivity index (χ2n) is 9.10. The first-order valence-corrected chi connectivity index (χ1v) is 12.0. The Morgan fingerprint density at radius 2 is 1.73 bits per heavy atom. The van der Waals surface area contributed by atoms with Crippen LogP contribution in [0, 0.1) is 5.92 Å². The molecule has 3 heterocycles. The summed E-state index contributed by atoms with van der Waals surface area (Å²) < 4.78 is 24.2. The van der Waals surface area contributed by atoms with Crippen LogP contribution in [0.2, 0.25) is 0 Å². The minimum absolute atomic E-state index is 0.0286. The molecule has 1 aromatic heterocycles. The van der Waals surface area contributed by atoms with E-state index < -0.39 is 14.6 Å². The van der Waals surface area contributed by atoms with Crippen LogP contribution >= 0.6 is 0 Å². The molecule has 7 heteroatoms. The number of fused-ring (bicyclic) bond motifs is 1. The zero-order valence-corrected chi connectivity index (χ0v) is 18.7. The molecule has 0 radical (unpaired) electrons. The van der Waals surface area contributed by atoms with Gasteiger partial charge < -0.3 is 9.80 Å². The maximum Gasteiger partial charge on any atom is 0.230 e. The normalized spacial score (nSPS) is 17.8. The standard InChI is InChI=1S/C23H29N3O3S/c1-23(2,3)30(28,29)21-9-8-19(16-24-21)25-13-10-18(11-14-25)22(27)26-15-12-17-6-4-5-7-20(17)26/h4-9,16,18H,10-15H2,1-3H3. The van der Waals surface area contributed by atoms with E-state index in [0.717, 1.165) is 50.3 Å². The van der Waals surface area contributed by atoms with E-state index >= 15 is 0 Å². The summed E-state index contributed by atoms with van der Waals surface area (Å²) in [6, 6.07) is 11.6. The van der Waals surface area contributed by atoms with Crippen LogP contribution in [0.5, 0.6) is 0 Å². The van der Waals surface area contributed by atoms with E-state index in [4.69, 9.17) is 0 Å². The third kappa shape index (κ3) is 3.71. The number of hydrogen-bond donors (Lipinski definition) is 0. The molecule has 4 rings (SSSR count). The number of para-hydroxylation sites is 1. The highest BCUT2D eigenvalue weighted by Crippen LogP contribution is 2.32. The highest BCUT2D eigenvalue weighted by Gasteiger charge is 2.34. The molecule has 2 aliphatic heterocycles. The fourth-order valence-corrected chi connectivity index (χ4v) is 5.27. The van der Waals surface area contributed by atoms with Crippen LogP contribution < -0.4 is 9.80 Å². The zero-order chi connectivity index (χ0) is 21.5. The van der Waals surface area contributed by atoms with Gasteiger partial charge in [-0.25, -0.2) is 13.4 Å². The molecule has 30 heavy (non-hydrogen) atoms. The number of nitrogens with zero attached hydrogens (tertiary/aromatic N) is 3. The lowest BCUT2D eigenvalue weighted by Crippen LogP contribution is -2.42. The number of aromatic nitrogens is 1.